The SMILES string of the molecule is Clc1ccccc1CNc1ccnc(NCCC2=CCCCC2)n1. The molecule has 0 bridgehead atoms. The number of rotatable bonds is 7. The van der Waals surface area contributed by atoms with Gasteiger partial charge in [0, 0.05) is 24.3 Å². The predicted molar refractivity (Wildman–Crippen MR) is 100 cm³/mol. The number of hydrogen-bond donors (Lipinski definition) is 2. The second-order valence-electron chi connectivity index (χ2n) is 6.00. The maximum Gasteiger partial charge on any atom is 0.224 e. The summed E-state index contributed by atoms with van der Waals surface area (Å²) in [6.07, 6.45) is 10.3. The van der Waals surface area contributed by atoms with Crippen LogP contribution in [-0.2, 0) is 6.54 Å². The average molecular weight is 343 g/mol. The van der Waals surface area contributed by atoms with Crippen molar-refractivity contribution in [3.8, 4) is 0 Å². The van der Waals surface area contributed by atoms with E-state index in [1.54, 1.807) is 11.8 Å². The minimum absolute atomic E-state index is 0.642. The summed E-state index contributed by atoms with van der Waals surface area (Å²) < 4.78 is 0. The van der Waals surface area contributed by atoms with Crippen molar-refractivity contribution in [2.75, 3.05) is 17.2 Å². The Morgan fingerprint density at radius 1 is 1.08 bits per heavy atom. The third-order valence-corrected chi connectivity index (χ3v) is 4.56. The molecule has 0 fully saturated rings. The van der Waals surface area contributed by atoms with Crippen LogP contribution in [0.1, 0.15) is 37.7 Å². The van der Waals surface area contributed by atoms with E-state index in [4.69, 9.17) is 11.6 Å². The fraction of sp³-hybridized carbons (Fsp3) is 0.368. The number of nitrogens with zero attached hydrogens (tertiary/aromatic N) is 2. The first-order valence-corrected chi connectivity index (χ1v) is 8.91. The minimum atomic E-state index is 0.642. The summed E-state index contributed by atoms with van der Waals surface area (Å²) in [5, 5.41) is 7.37. The number of benzene rings is 1. The summed E-state index contributed by atoms with van der Waals surface area (Å²) in [6, 6.07) is 9.68. The van der Waals surface area contributed by atoms with Gasteiger partial charge in [0.05, 0.1) is 0 Å². The van der Waals surface area contributed by atoms with Gasteiger partial charge in [-0.25, -0.2) is 4.98 Å². The van der Waals surface area contributed by atoms with Crippen molar-refractivity contribution in [1.82, 2.24) is 9.97 Å². The third kappa shape index (κ3) is 4.96. The van der Waals surface area contributed by atoms with Crippen molar-refractivity contribution in [3.63, 3.8) is 0 Å². The van der Waals surface area contributed by atoms with Crippen LogP contribution in [-0.4, -0.2) is 16.5 Å². The van der Waals surface area contributed by atoms with Gasteiger partial charge >= 0.3 is 0 Å². The molecule has 1 aromatic carbocycles. The molecule has 24 heavy (non-hydrogen) atoms. The normalized spacial score (nSPS) is 14.1. The summed E-state index contributed by atoms with van der Waals surface area (Å²) in [5.41, 5.74) is 2.61. The molecule has 0 amide bonds. The Bertz CT molecular complexity index is 699. The van der Waals surface area contributed by atoms with E-state index in [9.17, 15) is 0 Å². The van der Waals surface area contributed by atoms with Crippen LogP contribution < -0.4 is 10.6 Å². The van der Waals surface area contributed by atoms with Gasteiger partial charge < -0.3 is 10.6 Å². The highest BCUT2D eigenvalue weighted by Gasteiger charge is 2.05. The Labute approximate surface area is 148 Å². The van der Waals surface area contributed by atoms with Gasteiger partial charge in [-0.2, -0.15) is 4.98 Å². The Kier molecular flexibility index (Phi) is 6.07. The lowest BCUT2D eigenvalue weighted by atomic mass is 9.97. The lowest BCUT2D eigenvalue weighted by Crippen LogP contribution is -2.09. The van der Waals surface area contributed by atoms with Gasteiger partial charge in [0.15, 0.2) is 0 Å². The molecule has 2 N–H and O–H groups in total. The lowest BCUT2D eigenvalue weighted by Gasteiger charge is -2.13. The summed E-state index contributed by atoms with van der Waals surface area (Å²) in [5.74, 6) is 1.46. The molecule has 0 aliphatic heterocycles. The molecule has 0 saturated carbocycles. The highest BCUT2D eigenvalue weighted by atomic mass is 35.5. The van der Waals surface area contributed by atoms with E-state index in [2.05, 4.69) is 26.7 Å². The second-order valence-corrected chi connectivity index (χ2v) is 6.40. The van der Waals surface area contributed by atoms with Crippen LogP contribution >= 0.6 is 11.6 Å². The first kappa shape index (κ1) is 16.8. The fourth-order valence-corrected chi connectivity index (χ4v) is 3.04. The zero-order valence-electron chi connectivity index (χ0n) is 13.8. The van der Waals surface area contributed by atoms with E-state index < -0.39 is 0 Å². The Morgan fingerprint density at radius 3 is 2.83 bits per heavy atom. The molecule has 0 atom stereocenters. The molecule has 3 rings (SSSR count). The van der Waals surface area contributed by atoms with Crippen molar-refractivity contribution in [2.24, 2.45) is 0 Å². The largest absolute Gasteiger partial charge is 0.366 e. The first-order chi connectivity index (χ1) is 11.8. The predicted octanol–water partition coefficient (Wildman–Crippen LogP) is 5.04. The second kappa shape index (κ2) is 8.69. The highest BCUT2D eigenvalue weighted by molar-refractivity contribution is 6.31. The van der Waals surface area contributed by atoms with Crippen molar-refractivity contribution >= 4 is 23.4 Å². The molecule has 0 unspecified atom stereocenters. The molecule has 1 heterocycles. The van der Waals surface area contributed by atoms with Gasteiger partial charge in [0.1, 0.15) is 5.82 Å². The smallest absolute Gasteiger partial charge is 0.224 e. The number of nitrogens with one attached hydrogen (secondary N) is 2. The van der Waals surface area contributed by atoms with Crippen molar-refractivity contribution in [2.45, 2.75) is 38.6 Å². The molecule has 0 spiro atoms. The van der Waals surface area contributed by atoms with E-state index in [-0.39, 0.29) is 0 Å². The molecule has 5 heteroatoms. The molecule has 1 aliphatic rings. The topological polar surface area (TPSA) is 49.8 Å². The van der Waals surface area contributed by atoms with Gasteiger partial charge in [-0.3, -0.25) is 0 Å². The number of anilines is 2. The summed E-state index contributed by atoms with van der Waals surface area (Å²) in [6.45, 7) is 1.52. The molecule has 2 aromatic rings. The van der Waals surface area contributed by atoms with Crippen molar-refractivity contribution in [1.29, 1.82) is 0 Å². The lowest BCUT2D eigenvalue weighted by molar-refractivity contribution is 0.679. The van der Waals surface area contributed by atoms with Crippen LogP contribution in [0.25, 0.3) is 0 Å². The number of hydrogen-bond acceptors (Lipinski definition) is 4. The van der Waals surface area contributed by atoms with Crippen LogP contribution in [0, 0.1) is 0 Å². The van der Waals surface area contributed by atoms with Crippen LogP contribution in [0.5, 0.6) is 0 Å². The average Bonchev–Trinajstić information content (AvgIpc) is 2.62. The molecule has 0 saturated heterocycles. The monoisotopic (exact) mass is 342 g/mol. The zero-order valence-corrected chi connectivity index (χ0v) is 14.5. The summed E-state index contributed by atoms with van der Waals surface area (Å²) in [4.78, 5) is 8.79. The van der Waals surface area contributed by atoms with E-state index >= 15 is 0 Å². The Balaban J connectivity index is 1.50. The molecular formula is C19H23ClN4. The number of aromatic nitrogens is 2. The van der Waals surface area contributed by atoms with E-state index in [1.807, 2.05) is 30.3 Å². The maximum absolute atomic E-state index is 6.17. The summed E-state index contributed by atoms with van der Waals surface area (Å²) >= 11 is 6.17. The van der Waals surface area contributed by atoms with Crippen LogP contribution in [0.15, 0.2) is 48.2 Å². The Morgan fingerprint density at radius 2 is 2.00 bits per heavy atom. The fourth-order valence-electron chi connectivity index (χ4n) is 2.84. The quantitative estimate of drug-likeness (QED) is 0.692. The standard InChI is InChI=1S/C19H23ClN4/c20-17-9-5-4-8-16(17)14-23-18-11-13-22-19(24-18)21-12-10-15-6-2-1-3-7-15/h4-6,8-9,11,13H,1-3,7,10,12,14H2,(H2,21,22,23,24). The van der Waals surface area contributed by atoms with Gasteiger partial charge in [0.25, 0.3) is 0 Å². The van der Waals surface area contributed by atoms with Gasteiger partial charge in [-0.05, 0) is 49.8 Å². The molecule has 1 aliphatic carbocycles. The van der Waals surface area contributed by atoms with Crippen LogP contribution in [0.2, 0.25) is 5.02 Å². The van der Waals surface area contributed by atoms with Gasteiger partial charge in [-0.1, -0.05) is 41.4 Å². The van der Waals surface area contributed by atoms with E-state index in [0.29, 0.717) is 12.5 Å². The molecular weight excluding hydrogens is 320 g/mol. The number of halogens is 1. The summed E-state index contributed by atoms with van der Waals surface area (Å²) in [7, 11) is 0. The van der Waals surface area contributed by atoms with E-state index in [1.165, 1.54) is 25.7 Å². The van der Waals surface area contributed by atoms with Gasteiger partial charge in [0.2, 0.25) is 5.95 Å². The van der Waals surface area contributed by atoms with E-state index in [0.717, 1.165) is 29.4 Å². The first-order valence-electron chi connectivity index (χ1n) is 8.53. The van der Waals surface area contributed by atoms with Gasteiger partial charge in [-0.15, -0.1) is 0 Å². The molecule has 126 valence electrons. The maximum atomic E-state index is 6.17. The van der Waals surface area contributed by atoms with Crippen molar-refractivity contribution < 1.29 is 0 Å². The van der Waals surface area contributed by atoms with Crippen LogP contribution in [0.4, 0.5) is 11.8 Å². The minimum Gasteiger partial charge on any atom is -0.366 e. The third-order valence-electron chi connectivity index (χ3n) is 4.19. The highest BCUT2D eigenvalue weighted by Crippen LogP contribution is 2.20. The number of allylic oxidation sites excluding steroid dienone is 1. The molecule has 1 aromatic heterocycles. The Hall–Kier alpha value is -2.07. The van der Waals surface area contributed by atoms with Crippen molar-refractivity contribution in [3.05, 3.63) is 58.8 Å². The molecule has 4 nitrogen and oxygen atoms in total. The van der Waals surface area contributed by atoms with Crippen LogP contribution in [0.3, 0.4) is 0 Å². The molecule has 0 radical (unpaired) electrons. The zero-order chi connectivity index (χ0) is 16.6.